The third kappa shape index (κ3) is 2.03. The molecule has 2 aromatic rings. The average Bonchev–Trinajstić information content (AvgIpc) is 2.72. The average molecular weight is 217 g/mol. The van der Waals surface area contributed by atoms with Crippen LogP contribution in [-0.2, 0) is 4.79 Å². The number of carboxylic acid groups (broad SMARTS) is 1. The molecule has 16 heavy (non-hydrogen) atoms. The highest BCUT2D eigenvalue weighted by atomic mass is 16.4. The normalized spacial score (nSPS) is 10.2. The number of aromatic nitrogens is 1. The van der Waals surface area contributed by atoms with E-state index in [1.165, 1.54) is 0 Å². The maximum absolute atomic E-state index is 11.5. The minimum Gasteiger partial charge on any atom is -0.548 e. The summed E-state index contributed by atoms with van der Waals surface area (Å²) in [5.74, 6) is -1.73. The van der Waals surface area contributed by atoms with Crippen LogP contribution in [0.3, 0.4) is 0 Å². The Morgan fingerprint density at radius 2 is 2.12 bits per heavy atom. The van der Waals surface area contributed by atoms with Crippen LogP contribution in [0.15, 0.2) is 30.5 Å². The zero-order chi connectivity index (χ0) is 11.5. The molecule has 0 atom stereocenters. The minimum absolute atomic E-state index is 0.424. The summed E-state index contributed by atoms with van der Waals surface area (Å²) in [6.45, 7) is -0.482. The number of carbonyl (C=O) groups excluding carboxylic acids is 2. The van der Waals surface area contributed by atoms with E-state index in [1.807, 2.05) is 6.07 Å². The van der Waals surface area contributed by atoms with Crippen molar-refractivity contribution in [1.82, 2.24) is 10.3 Å². The Bertz CT molecular complexity index is 545. The van der Waals surface area contributed by atoms with Gasteiger partial charge in [0.05, 0.1) is 12.5 Å². The summed E-state index contributed by atoms with van der Waals surface area (Å²) in [4.78, 5) is 24.7. The van der Waals surface area contributed by atoms with Crippen molar-refractivity contribution in [2.75, 3.05) is 6.54 Å². The molecule has 1 aromatic heterocycles. The summed E-state index contributed by atoms with van der Waals surface area (Å²) in [6, 6.07) is 6.92. The van der Waals surface area contributed by atoms with Crippen LogP contribution in [0.4, 0.5) is 0 Å². The van der Waals surface area contributed by atoms with E-state index in [4.69, 9.17) is 0 Å². The second kappa shape index (κ2) is 4.06. The first kappa shape index (κ1) is 10.2. The van der Waals surface area contributed by atoms with Crippen molar-refractivity contribution in [3.63, 3.8) is 0 Å². The quantitative estimate of drug-likeness (QED) is 0.736. The van der Waals surface area contributed by atoms with Crippen molar-refractivity contribution in [1.29, 1.82) is 0 Å². The van der Waals surface area contributed by atoms with Gasteiger partial charge >= 0.3 is 0 Å². The molecule has 2 rings (SSSR count). The number of amides is 1. The summed E-state index contributed by atoms with van der Waals surface area (Å²) in [7, 11) is 0. The van der Waals surface area contributed by atoms with Crippen molar-refractivity contribution in [2.24, 2.45) is 0 Å². The molecule has 1 aromatic carbocycles. The van der Waals surface area contributed by atoms with Crippen LogP contribution in [0, 0.1) is 0 Å². The fourth-order valence-corrected chi connectivity index (χ4v) is 1.45. The first-order valence-corrected chi connectivity index (χ1v) is 4.72. The molecule has 82 valence electrons. The number of aliphatic carboxylic acids is 1. The molecule has 1 amide bonds. The molecule has 5 heteroatoms. The van der Waals surface area contributed by atoms with Gasteiger partial charge in [-0.1, -0.05) is 0 Å². The van der Waals surface area contributed by atoms with Crippen LogP contribution in [0.1, 0.15) is 10.4 Å². The van der Waals surface area contributed by atoms with E-state index in [1.54, 1.807) is 24.4 Å². The second-order valence-corrected chi connectivity index (χ2v) is 3.33. The van der Waals surface area contributed by atoms with Crippen molar-refractivity contribution in [2.45, 2.75) is 0 Å². The second-order valence-electron chi connectivity index (χ2n) is 3.33. The monoisotopic (exact) mass is 217 g/mol. The number of H-pyrrole nitrogens is 1. The summed E-state index contributed by atoms with van der Waals surface area (Å²) < 4.78 is 0. The summed E-state index contributed by atoms with van der Waals surface area (Å²) in [6.07, 6.45) is 1.77. The molecule has 5 nitrogen and oxygen atoms in total. The summed E-state index contributed by atoms with van der Waals surface area (Å²) in [5.41, 5.74) is 1.35. The molecule has 0 saturated heterocycles. The smallest absolute Gasteiger partial charge is 0.251 e. The summed E-state index contributed by atoms with van der Waals surface area (Å²) in [5, 5.41) is 13.3. The lowest BCUT2D eigenvalue weighted by atomic mass is 10.1. The van der Waals surface area contributed by atoms with Crippen molar-refractivity contribution in [3.05, 3.63) is 36.0 Å². The molecule has 0 unspecified atom stereocenters. The Morgan fingerprint density at radius 3 is 2.88 bits per heavy atom. The standard InChI is InChI=1S/C11H10N2O3/c14-10(15)6-13-11(16)8-1-2-9-7(5-8)3-4-12-9/h1-5,12H,6H2,(H,13,16)(H,14,15)/p-1. The van der Waals surface area contributed by atoms with E-state index >= 15 is 0 Å². The highest BCUT2D eigenvalue weighted by molar-refractivity contribution is 5.99. The maximum atomic E-state index is 11.5. The van der Waals surface area contributed by atoms with E-state index in [0.717, 1.165) is 10.9 Å². The molecule has 0 aliphatic carbocycles. The molecule has 0 aliphatic rings. The fourth-order valence-electron chi connectivity index (χ4n) is 1.45. The van der Waals surface area contributed by atoms with Gasteiger partial charge in [-0.05, 0) is 24.3 Å². The largest absolute Gasteiger partial charge is 0.548 e. The molecule has 0 fully saturated rings. The molecule has 1 heterocycles. The van der Waals surface area contributed by atoms with Crippen LogP contribution in [0.2, 0.25) is 0 Å². The van der Waals surface area contributed by atoms with Crippen molar-refractivity contribution in [3.8, 4) is 0 Å². The molecule has 0 saturated carbocycles. The number of nitrogens with one attached hydrogen (secondary N) is 2. The zero-order valence-electron chi connectivity index (χ0n) is 8.32. The van der Waals surface area contributed by atoms with Gasteiger partial charge < -0.3 is 20.2 Å². The van der Waals surface area contributed by atoms with Gasteiger partial charge in [0.15, 0.2) is 0 Å². The number of carboxylic acids is 1. The third-order valence-corrected chi connectivity index (χ3v) is 2.21. The number of rotatable bonds is 3. The maximum Gasteiger partial charge on any atom is 0.251 e. The number of hydrogen-bond donors (Lipinski definition) is 2. The molecule has 2 N–H and O–H groups in total. The predicted molar refractivity (Wildman–Crippen MR) is 55.6 cm³/mol. The van der Waals surface area contributed by atoms with E-state index < -0.39 is 18.4 Å². The van der Waals surface area contributed by atoms with Gasteiger partial charge in [0, 0.05) is 22.7 Å². The van der Waals surface area contributed by atoms with Gasteiger partial charge in [0.1, 0.15) is 0 Å². The predicted octanol–water partition coefficient (Wildman–Crippen LogP) is -0.352. The van der Waals surface area contributed by atoms with Gasteiger partial charge in [0.2, 0.25) is 0 Å². The Morgan fingerprint density at radius 1 is 1.31 bits per heavy atom. The van der Waals surface area contributed by atoms with E-state index in [9.17, 15) is 14.7 Å². The van der Waals surface area contributed by atoms with Gasteiger partial charge in [-0.15, -0.1) is 0 Å². The van der Waals surface area contributed by atoms with Crippen molar-refractivity contribution >= 4 is 22.8 Å². The zero-order valence-corrected chi connectivity index (χ0v) is 8.32. The summed E-state index contributed by atoms with van der Waals surface area (Å²) >= 11 is 0. The van der Waals surface area contributed by atoms with Crippen LogP contribution >= 0.6 is 0 Å². The van der Waals surface area contributed by atoms with Crippen LogP contribution < -0.4 is 10.4 Å². The highest BCUT2D eigenvalue weighted by Crippen LogP contribution is 2.13. The molecular weight excluding hydrogens is 208 g/mol. The van der Waals surface area contributed by atoms with E-state index in [-0.39, 0.29) is 0 Å². The molecule has 0 spiro atoms. The van der Waals surface area contributed by atoms with Gasteiger partial charge in [-0.25, -0.2) is 0 Å². The first-order valence-electron chi connectivity index (χ1n) is 4.72. The SMILES string of the molecule is O=C([O-])CNC(=O)c1ccc2[nH]ccc2c1. The topological polar surface area (TPSA) is 85.0 Å². The fraction of sp³-hybridized carbons (Fsp3) is 0.0909. The van der Waals surface area contributed by atoms with Crippen LogP contribution in [0.25, 0.3) is 10.9 Å². The molecular formula is C11H9N2O3-. The first-order chi connectivity index (χ1) is 7.66. The number of carbonyl (C=O) groups is 2. The molecule has 0 aliphatic heterocycles. The minimum atomic E-state index is -1.31. The van der Waals surface area contributed by atoms with Gasteiger partial charge in [-0.3, -0.25) is 4.79 Å². The van der Waals surface area contributed by atoms with Gasteiger partial charge in [0.25, 0.3) is 5.91 Å². The highest BCUT2D eigenvalue weighted by Gasteiger charge is 2.05. The number of hydrogen-bond acceptors (Lipinski definition) is 3. The Balaban J connectivity index is 2.19. The lowest BCUT2D eigenvalue weighted by molar-refractivity contribution is -0.303. The number of fused-ring (bicyclic) bond motifs is 1. The van der Waals surface area contributed by atoms with E-state index in [2.05, 4.69) is 10.3 Å². The van der Waals surface area contributed by atoms with Crippen molar-refractivity contribution < 1.29 is 14.7 Å². The van der Waals surface area contributed by atoms with Gasteiger partial charge in [-0.2, -0.15) is 0 Å². The lowest BCUT2D eigenvalue weighted by Crippen LogP contribution is -2.37. The lowest BCUT2D eigenvalue weighted by Gasteiger charge is -2.05. The van der Waals surface area contributed by atoms with Crippen LogP contribution in [0.5, 0.6) is 0 Å². The third-order valence-electron chi connectivity index (χ3n) is 2.21. The number of aromatic amines is 1. The van der Waals surface area contributed by atoms with E-state index in [0.29, 0.717) is 5.56 Å². The molecule has 0 bridgehead atoms. The molecule has 0 radical (unpaired) electrons. The number of benzene rings is 1. The Kier molecular flexibility index (Phi) is 2.59. The Labute approximate surface area is 91.1 Å². The van der Waals surface area contributed by atoms with Crippen LogP contribution in [-0.4, -0.2) is 23.4 Å². The Hall–Kier alpha value is -2.30.